The van der Waals surface area contributed by atoms with Gasteiger partial charge in [0.05, 0.1) is 12.0 Å². The molecular weight excluding hydrogens is 230 g/mol. The van der Waals surface area contributed by atoms with Crippen molar-refractivity contribution in [2.75, 3.05) is 13.2 Å². The Morgan fingerprint density at radius 3 is 2.94 bits per heavy atom. The molecule has 2 aliphatic rings. The predicted octanol–water partition coefficient (Wildman–Crippen LogP) is 2.27. The second-order valence-electron chi connectivity index (χ2n) is 5.93. The maximum Gasteiger partial charge on any atom is 0.304 e. The van der Waals surface area contributed by atoms with Crippen molar-refractivity contribution < 1.29 is 14.6 Å². The van der Waals surface area contributed by atoms with E-state index < -0.39 is 5.97 Å². The summed E-state index contributed by atoms with van der Waals surface area (Å²) in [6.07, 6.45) is 5.58. The van der Waals surface area contributed by atoms with Gasteiger partial charge in [0.15, 0.2) is 0 Å². The van der Waals surface area contributed by atoms with E-state index in [4.69, 9.17) is 9.84 Å². The van der Waals surface area contributed by atoms with Gasteiger partial charge in [-0.1, -0.05) is 6.92 Å². The number of rotatable bonds is 4. The van der Waals surface area contributed by atoms with Gasteiger partial charge in [-0.2, -0.15) is 0 Å². The SMILES string of the molecule is CCC1(C)CC(N2CCCC2CC(=O)O)CCO1. The van der Waals surface area contributed by atoms with Crippen molar-refractivity contribution in [2.45, 2.75) is 70.1 Å². The van der Waals surface area contributed by atoms with Gasteiger partial charge in [-0.15, -0.1) is 0 Å². The highest BCUT2D eigenvalue weighted by Gasteiger charge is 2.38. The molecule has 2 saturated heterocycles. The lowest BCUT2D eigenvalue weighted by molar-refractivity contribution is -0.139. The van der Waals surface area contributed by atoms with E-state index >= 15 is 0 Å². The minimum atomic E-state index is -0.669. The summed E-state index contributed by atoms with van der Waals surface area (Å²) in [5.74, 6) is -0.669. The fourth-order valence-electron chi connectivity index (χ4n) is 3.39. The Morgan fingerprint density at radius 2 is 2.28 bits per heavy atom. The maximum absolute atomic E-state index is 10.9. The van der Waals surface area contributed by atoms with Crippen LogP contribution in [0.25, 0.3) is 0 Å². The van der Waals surface area contributed by atoms with Crippen molar-refractivity contribution in [3.63, 3.8) is 0 Å². The second kappa shape index (κ2) is 5.57. The van der Waals surface area contributed by atoms with Gasteiger partial charge >= 0.3 is 5.97 Å². The number of hydrogen-bond donors (Lipinski definition) is 1. The van der Waals surface area contributed by atoms with Crippen LogP contribution in [-0.2, 0) is 9.53 Å². The highest BCUT2D eigenvalue weighted by Crippen LogP contribution is 2.34. The van der Waals surface area contributed by atoms with Crippen molar-refractivity contribution in [1.82, 2.24) is 4.90 Å². The Bertz CT molecular complexity index is 307. The van der Waals surface area contributed by atoms with Gasteiger partial charge in [0.1, 0.15) is 0 Å². The van der Waals surface area contributed by atoms with Crippen LogP contribution in [0, 0.1) is 0 Å². The number of carbonyl (C=O) groups is 1. The number of nitrogens with zero attached hydrogens (tertiary/aromatic N) is 1. The molecule has 0 aromatic carbocycles. The lowest BCUT2D eigenvalue weighted by Gasteiger charge is -2.43. The summed E-state index contributed by atoms with van der Waals surface area (Å²) in [5.41, 5.74) is -0.0146. The van der Waals surface area contributed by atoms with E-state index in [1.165, 1.54) is 0 Å². The van der Waals surface area contributed by atoms with E-state index in [1.54, 1.807) is 0 Å². The third-order valence-corrected chi connectivity index (χ3v) is 4.62. The van der Waals surface area contributed by atoms with Gasteiger partial charge in [-0.25, -0.2) is 0 Å². The molecule has 0 aliphatic carbocycles. The molecule has 0 spiro atoms. The molecule has 0 saturated carbocycles. The van der Waals surface area contributed by atoms with Crippen LogP contribution in [0.2, 0.25) is 0 Å². The van der Waals surface area contributed by atoms with Gasteiger partial charge in [0, 0.05) is 18.7 Å². The van der Waals surface area contributed by atoms with Crippen LogP contribution >= 0.6 is 0 Å². The quantitative estimate of drug-likeness (QED) is 0.837. The first-order valence-electron chi connectivity index (χ1n) is 7.15. The third kappa shape index (κ3) is 3.04. The first-order chi connectivity index (χ1) is 8.54. The summed E-state index contributed by atoms with van der Waals surface area (Å²) in [6.45, 7) is 6.22. The van der Waals surface area contributed by atoms with E-state index in [-0.39, 0.29) is 11.6 Å². The first-order valence-corrected chi connectivity index (χ1v) is 7.15. The average Bonchev–Trinajstić information content (AvgIpc) is 2.76. The zero-order valence-electron chi connectivity index (χ0n) is 11.5. The molecule has 2 heterocycles. The Hall–Kier alpha value is -0.610. The Balaban J connectivity index is 1.99. The molecule has 3 unspecified atom stereocenters. The summed E-state index contributed by atoms with van der Waals surface area (Å²) in [7, 11) is 0. The van der Waals surface area contributed by atoms with Crippen LogP contribution in [0.3, 0.4) is 0 Å². The van der Waals surface area contributed by atoms with Crippen molar-refractivity contribution >= 4 is 5.97 Å². The van der Waals surface area contributed by atoms with Crippen molar-refractivity contribution in [3.05, 3.63) is 0 Å². The zero-order chi connectivity index (χ0) is 13.2. The molecule has 4 nitrogen and oxygen atoms in total. The highest BCUT2D eigenvalue weighted by molar-refractivity contribution is 5.67. The molecule has 104 valence electrons. The number of likely N-dealkylation sites (tertiary alicyclic amines) is 1. The van der Waals surface area contributed by atoms with Crippen LogP contribution < -0.4 is 0 Å². The monoisotopic (exact) mass is 255 g/mol. The summed E-state index contributed by atoms with van der Waals surface area (Å²) < 4.78 is 5.88. The number of carboxylic acid groups (broad SMARTS) is 1. The molecule has 2 fully saturated rings. The molecule has 4 heteroatoms. The normalized spacial score (nSPS) is 37.9. The number of aliphatic carboxylic acids is 1. The zero-order valence-corrected chi connectivity index (χ0v) is 11.5. The Kier molecular flexibility index (Phi) is 4.28. The molecule has 3 atom stereocenters. The number of carboxylic acids is 1. The molecule has 0 radical (unpaired) electrons. The largest absolute Gasteiger partial charge is 0.481 e. The van der Waals surface area contributed by atoms with E-state index in [0.29, 0.717) is 12.5 Å². The molecule has 18 heavy (non-hydrogen) atoms. The van der Waals surface area contributed by atoms with Gasteiger partial charge in [-0.05, 0) is 45.6 Å². The van der Waals surface area contributed by atoms with Crippen LogP contribution in [0.1, 0.15) is 52.4 Å². The van der Waals surface area contributed by atoms with Gasteiger partial charge < -0.3 is 9.84 Å². The highest BCUT2D eigenvalue weighted by atomic mass is 16.5. The summed E-state index contributed by atoms with van der Waals surface area (Å²) >= 11 is 0. The third-order valence-electron chi connectivity index (χ3n) is 4.62. The fraction of sp³-hybridized carbons (Fsp3) is 0.929. The molecule has 0 bridgehead atoms. The van der Waals surface area contributed by atoms with Crippen LogP contribution in [0.15, 0.2) is 0 Å². The summed E-state index contributed by atoms with van der Waals surface area (Å²) in [6, 6.07) is 0.752. The summed E-state index contributed by atoms with van der Waals surface area (Å²) in [5, 5.41) is 8.99. The minimum absolute atomic E-state index is 0.0146. The van der Waals surface area contributed by atoms with Crippen LogP contribution in [-0.4, -0.2) is 46.8 Å². The van der Waals surface area contributed by atoms with Gasteiger partial charge in [0.2, 0.25) is 0 Å². The first kappa shape index (κ1) is 13.8. The number of ether oxygens (including phenoxy) is 1. The lowest BCUT2D eigenvalue weighted by atomic mass is 9.88. The summed E-state index contributed by atoms with van der Waals surface area (Å²) in [4.78, 5) is 13.4. The number of hydrogen-bond acceptors (Lipinski definition) is 3. The maximum atomic E-state index is 10.9. The van der Waals surface area contributed by atoms with Crippen molar-refractivity contribution in [1.29, 1.82) is 0 Å². The van der Waals surface area contributed by atoms with E-state index in [0.717, 1.165) is 45.3 Å². The van der Waals surface area contributed by atoms with Crippen LogP contribution in [0.4, 0.5) is 0 Å². The molecule has 0 aromatic rings. The molecule has 0 aromatic heterocycles. The lowest BCUT2D eigenvalue weighted by Crippen LogP contribution is -2.49. The van der Waals surface area contributed by atoms with E-state index in [2.05, 4.69) is 18.7 Å². The second-order valence-corrected chi connectivity index (χ2v) is 5.93. The van der Waals surface area contributed by atoms with Crippen LogP contribution in [0.5, 0.6) is 0 Å². The molecule has 2 rings (SSSR count). The molecule has 2 aliphatic heterocycles. The van der Waals surface area contributed by atoms with Crippen molar-refractivity contribution in [3.8, 4) is 0 Å². The van der Waals surface area contributed by atoms with Crippen molar-refractivity contribution in [2.24, 2.45) is 0 Å². The topological polar surface area (TPSA) is 49.8 Å². The molecule has 1 N–H and O–H groups in total. The standard InChI is InChI=1S/C14H25NO3/c1-3-14(2)10-12(6-8-18-14)15-7-4-5-11(15)9-13(16)17/h11-12H,3-10H2,1-2H3,(H,16,17). The Labute approximate surface area is 109 Å². The average molecular weight is 255 g/mol. The van der Waals surface area contributed by atoms with E-state index in [1.807, 2.05) is 0 Å². The van der Waals surface area contributed by atoms with E-state index in [9.17, 15) is 4.79 Å². The Morgan fingerprint density at radius 1 is 1.50 bits per heavy atom. The van der Waals surface area contributed by atoms with Gasteiger partial charge in [0.25, 0.3) is 0 Å². The smallest absolute Gasteiger partial charge is 0.304 e. The molecule has 0 amide bonds. The molecular formula is C14H25NO3. The fourth-order valence-corrected chi connectivity index (χ4v) is 3.39. The predicted molar refractivity (Wildman–Crippen MR) is 69.7 cm³/mol. The minimum Gasteiger partial charge on any atom is -0.481 e. The van der Waals surface area contributed by atoms with Gasteiger partial charge in [-0.3, -0.25) is 9.69 Å².